The molecular formula is C10H16N4O. The highest BCUT2D eigenvalue weighted by Crippen LogP contribution is 2.16. The third-order valence-electron chi connectivity index (χ3n) is 2.47. The zero-order chi connectivity index (χ0) is 10.7. The molecule has 1 aliphatic rings. The van der Waals surface area contributed by atoms with Crippen molar-refractivity contribution in [2.24, 2.45) is 0 Å². The van der Waals surface area contributed by atoms with Crippen LogP contribution in [0.25, 0.3) is 0 Å². The van der Waals surface area contributed by atoms with E-state index in [1.165, 1.54) is 0 Å². The molecule has 5 nitrogen and oxygen atoms in total. The number of nitrogens with one attached hydrogen (secondary N) is 2. The minimum atomic E-state index is 0.378. The number of ether oxygens (including phenoxy) is 1. The maximum absolute atomic E-state index is 5.30. The molecule has 1 fully saturated rings. The Bertz CT molecular complexity index is 336. The molecule has 1 saturated heterocycles. The standard InChI is InChI=1S/C10H16N4O/c1-7-5-12-10(11-2)14-9(7)13-8-3-4-15-6-8/h5,8H,3-4,6H2,1-2H3,(H2,11,12,13,14). The van der Waals surface area contributed by atoms with Crippen LogP contribution in [-0.4, -0.2) is 36.3 Å². The summed E-state index contributed by atoms with van der Waals surface area (Å²) in [5.41, 5.74) is 1.06. The first-order valence-electron chi connectivity index (χ1n) is 5.15. The van der Waals surface area contributed by atoms with Gasteiger partial charge in [0.2, 0.25) is 5.95 Å². The molecule has 1 aromatic heterocycles. The van der Waals surface area contributed by atoms with Gasteiger partial charge in [0, 0.05) is 25.4 Å². The highest BCUT2D eigenvalue weighted by atomic mass is 16.5. The smallest absolute Gasteiger partial charge is 0.224 e. The Morgan fingerprint density at radius 3 is 3.07 bits per heavy atom. The molecule has 5 heteroatoms. The fourth-order valence-electron chi connectivity index (χ4n) is 1.55. The highest BCUT2D eigenvalue weighted by Gasteiger charge is 2.16. The summed E-state index contributed by atoms with van der Waals surface area (Å²) in [5, 5.41) is 6.29. The Labute approximate surface area is 89.3 Å². The first kappa shape index (κ1) is 10.2. The van der Waals surface area contributed by atoms with Gasteiger partial charge in [-0.1, -0.05) is 0 Å². The predicted octanol–water partition coefficient (Wildman–Crippen LogP) is 1.03. The molecule has 1 atom stereocenters. The van der Waals surface area contributed by atoms with Gasteiger partial charge in [0.1, 0.15) is 5.82 Å². The van der Waals surface area contributed by atoms with Crippen molar-refractivity contribution in [3.05, 3.63) is 11.8 Å². The van der Waals surface area contributed by atoms with Crippen LogP contribution in [0.2, 0.25) is 0 Å². The zero-order valence-corrected chi connectivity index (χ0v) is 9.08. The van der Waals surface area contributed by atoms with E-state index in [9.17, 15) is 0 Å². The fraction of sp³-hybridized carbons (Fsp3) is 0.600. The minimum Gasteiger partial charge on any atom is -0.379 e. The van der Waals surface area contributed by atoms with Crippen LogP contribution < -0.4 is 10.6 Å². The summed E-state index contributed by atoms with van der Waals surface area (Å²) in [7, 11) is 1.81. The third kappa shape index (κ3) is 2.36. The second kappa shape index (κ2) is 4.44. The number of hydrogen-bond acceptors (Lipinski definition) is 5. The molecule has 2 rings (SSSR count). The largest absolute Gasteiger partial charge is 0.379 e. The summed E-state index contributed by atoms with van der Waals surface area (Å²) in [5.74, 6) is 1.53. The van der Waals surface area contributed by atoms with Crippen molar-refractivity contribution in [2.75, 3.05) is 30.9 Å². The van der Waals surface area contributed by atoms with Gasteiger partial charge in [-0.25, -0.2) is 4.98 Å². The quantitative estimate of drug-likeness (QED) is 0.777. The number of aromatic nitrogens is 2. The summed E-state index contributed by atoms with van der Waals surface area (Å²) in [6.07, 6.45) is 2.86. The molecule has 0 bridgehead atoms. The van der Waals surface area contributed by atoms with Crippen LogP contribution in [0.4, 0.5) is 11.8 Å². The van der Waals surface area contributed by atoms with Crippen molar-refractivity contribution in [1.29, 1.82) is 0 Å². The van der Waals surface area contributed by atoms with Gasteiger partial charge in [-0.05, 0) is 13.3 Å². The predicted molar refractivity (Wildman–Crippen MR) is 59.2 cm³/mol. The molecule has 0 amide bonds. The van der Waals surface area contributed by atoms with Crippen LogP contribution in [0, 0.1) is 6.92 Å². The Morgan fingerprint density at radius 2 is 2.40 bits per heavy atom. The van der Waals surface area contributed by atoms with E-state index in [1.807, 2.05) is 20.2 Å². The van der Waals surface area contributed by atoms with Gasteiger partial charge in [-0.2, -0.15) is 4.98 Å². The molecule has 0 saturated carbocycles. The minimum absolute atomic E-state index is 0.378. The molecule has 2 N–H and O–H groups in total. The van der Waals surface area contributed by atoms with Gasteiger partial charge in [-0.15, -0.1) is 0 Å². The summed E-state index contributed by atoms with van der Waals surface area (Å²) >= 11 is 0. The molecule has 82 valence electrons. The molecule has 1 unspecified atom stereocenters. The number of aryl methyl sites for hydroxylation is 1. The van der Waals surface area contributed by atoms with Gasteiger partial charge in [0.15, 0.2) is 0 Å². The van der Waals surface area contributed by atoms with Crippen LogP contribution in [0.5, 0.6) is 0 Å². The van der Waals surface area contributed by atoms with Gasteiger partial charge >= 0.3 is 0 Å². The number of rotatable bonds is 3. The Morgan fingerprint density at radius 1 is 1.53 bits per heavy atom. The second-order valence-electron chi connectivity index (χ2n) is 3.68. The molecule has 0 radical (unpaired) electrons. The number of hydrogen-bond donors (Lipinski definition) is 2. The molecule has 15 heavy (non-hydrogen) atoms. The maximum Gasteiger partial charge on any atom is 0.224 e. The third-order valence-corrected chi connectivity index (χ3v) is 2.47. The van der Waals surface area contributed by atoms with Crippen molar-refractivity contribution in [2.45, 2.75) is 19.4 Å². The monoisotopic (exact) mass is 208 g/mol. The van der Waals surface area contributed by atoms with Crippen molar-refractivity contribution >= 4 is 11.8 Å². The topological polar surface area (TPSA) is 59.1 Å². The first-order valence-corrected chi connectivity index (χ1v) is 5.15. The molecule has 2 heterocycles. The molecule has 0 spiro atoms. The number of anilines is 2. The highest BCUT2D eigenvalue weighted by molar-refractivity contribution is 5.47. The van der Waals surface area contributed by atoms with E-state index in [1.54, 1.807) is 0 Å². The normalized spacial score (nSPS) is 20.3. The van der Waals surface area contributed by atoms with Gasteiger partial charge in [0.05, 0.1) is 12.6 Å². The first-order chi connectivity index (χ1) is 7.29. The summed E-state index contributed by atoms with van der Waals surface area (Å²) < 4.78 is 5.30. The van der Waals surface area contributed by atoms with Crippen molar-refractivity contribution in [3.8, 4) is 0 Å². The van der Waals surface area contributed by atoms with E-state index in [2.05, 4.69) is 20.6 Å². The van der Waals surface area contributed by atoms with Crippen molar-refractivity contribution in [3.63, 3.8) is 0 Å². The Balaban J connectivity index is 2.11. The average molecular weight is 208 g/mol. The lowest BCUT2D eigenvalue weighted by molar-refractivity contribution is 0.195. The van der Waals surface area contributed by atoms with Crippen LogP contribution in [0.3, 0.4) is 0 Å². The maximum atomic E-state index is 5.30. The van der Waals surface area contributed by atoms with Crippen LogP contribution >= 0.6 is 0 Å². The van der Waals surface area contributed by atoms with E-state index in [-0.39, 0.29) is 0 Å². The summed E-state index contributed by atoms with van der Waals surface area (Å²) in [4.78, 5) is 8.50. The van der Waals surface area contributed by atoms with Gasteiger partial charge in [0.25, 0.3) is 0 Å². The summed E-state index contributed by atoms with van der Waals surface area (Å²) in [6.45, 7) is 3.59. The lowest BCUT2D eigenvalue weighted by Crippen LogP contribution is -2.20. The lowest BCUT2D eigenvalue weighted by atomic mass is 10.2. The molecular weight excluding hydrogens is 192 g/mol. The van der Waals surface area contributed by atoms with Crippen LogP contribution in [0.1, 0.15) is 12.0 Å². The van der Waals surface area contributed by atoms with E-state index >= 15 is 0 Å². The molecule has 1 aromatic rings. The summed E-state index contributed by atoms with van der Waals surface area (Å²) in [6, 6.07) is 0.378. The van der Waals surface area contributed by atoms with E-state index in [4.69, 9.17) is 4.74 Å². The van der Waals surface area contributed by atoms with E-state index < -0.39 is 0 Å². The Kier molecular flexibility index (Phi) is 3.01. The van der Waals surface area contributed by atoms with Gasteiger partial charge < -0.3 is 15.4 Å². The van der Waals surface area contributed by atoms with Crippen LogP contribution in [0.15, 0.2) is 6.20 Å². The SMILES string of the molecule is CNc1ncc(C)c(NC2CCOC2)n1. The van der Waals surface area contributed by atoms with Gasteiger partial charge in [-0.3, -0.25) is 0 Å². The van der Waals surface area contributed by atoms with Crippen LogP contribution in [-0.2, 0) is 4.74 Å². The molecule has 0 aromatic carbocycles. The Hall–Kier alpha value is -1.36. The molecule has 0 aliphatic carbocycles. The van der Waals surface area contributed by atoms with Crippen molar-refractivity contribution in [1.82, 2.24) is 9.97 Å². The van der Waals surface area contributed by atoms with E-state index in [0.29, 0.717) is 12.0 Å². The fourth-order valence-corrected chi connectivity index (χ4v) is 1.55. The average Bonchev–Trinajstić information content (AvgIpc) is 2.74. The van der Waals surface area contributed by atoms with E-state index in [0.717, 1.165) is 31.0 Å². The second-order valence-corrected chi connectivity index (χ2v) is 3.68. The molecule has 1 aliphatic heterocycles. The zero-order valence-electron chi connectivity index (χ0n) is 9.08. The number of nitrogens with zero attached hydrogens (tertiary/aromatic N) is 2. The van der Waals surface area contributed by atoms with Crippen molar-refractivity contribution < 1.29 is 4.74 Å². The lowest BCUT2D eigenvalue weighted by Gasteiger charge is -2.13.